The summed E-state index contributed by atoms with van der Waals surface area (Å²) in [6.07, 6.45) is 4.28. The molecule has 0 aliphatic carbocycles. The SMILES string of the molecule is C.C.CN1CCCCC1.COc1cc2c(cc1-c1c(C)noc1C)[nH]c1nc(C)nc(-c3ccc(C(=O)N4CCN(C)CC4)c4c3OCCO4)c12.COc1cc2c(cc1-c1c(C)noc1C)[nH]c1nc(C)nc(-c3ccc(OC=O)c4c3OCCO4)c12. The van der Waals surface area contributed by atoms with E-state index in [0.717, 1.165) is 84.9 Å². The van der Waals surface area contributed by atoms with E-state index in [0.29, 0.717) is 137 Å². The molecule has 456 valence electrons. The molecular weight excluding hydrogens is 1110 g/mol. The Hall–Kier alpha value is -9.28. The summed E-state index contributed by atoms with van der Waals surface area (Å²) in [5, 5.41) is 11.6. The van der Waals surface area contributed by atoms with Crippen LogP contribution >= 0.6 is 0 Å². The smallest absolute Gasteiger partial charge is 0.298 e. The largest absolute Gasteiger partial charge is 0.496 e. The summed E-state index contributed by atoms with van der Waals surface area (Å²) >= 11 is 0. The number of hydrogen-bond acceptors (Lipinski definition) is 19. The van der Waals surface area contributed by atoms with Gasteiger partial charge in [-0.05, 0) is 130 Å². The Morgan fingerprint density at radius 1 is 0.540 bits per heavy atom. The Kier molecular flexibility index (Phi) is 17.7. The van der Waals surface area contributed by atoms with E-state index in [9.17, 15) is 9.59 Å². The van der Waals surface area contributed by atoms with Gasteiger partial charge in [-0.25, -0.2) is 19.9 Å². The molecule has 4 aromatic carbocycles. The molecule has 0 bridgehead atoms. The first-order valence-electron chi connectivity index (χ1n) is 28.5. The molecule has 2 N–H and O–H groups in total. The first kappa shape index (κ1) is 60.8. The van der Waals surface area contributed by atoms with Gasteiger partial charge in [0.15, 0.2) is 23.0 Å². The Balaban J connectivity index is 0.000000171. The number of aromatic nitrogens is 8. The van der Waals surface area contributed by atoms with Crippen molar-refractivity contribution in [2.45, 2.75) is 75.7 Å². The quantitative estimate of drug-likeness (QED) is 0.128. The summed E-state index contributed by atoms with van der Waals surface area (Å²) in [6, 6.07) is 15.2. The van der Waals surface area contributed by atoms with Gasteiger partial charge < -0.3 is 66.9 Å². The molecule has 22 heteroatoms. The topological polar surface area (TPSA) is 244 Å². The van der Waals surface area contributed by atoms with Crippen LogP contribution in [0, 0.1) is 41.5 Å². The second-order valence-corrected chi connectivity index (χ2v) is 21.7. The molecular formula is C65H75N11O11. The van der Waals surface area contributed by atoms with Crippen LogP contribution in [0.2, 0.25) is 0 Å². The first-order valence-corrected chi connectivity index (χ1v) is 28.5. The number of rotatable bonds is 9. The predicted molar refractivity (Wildman–Crippen MR) is 333 cm³/mol. The summed E-state index contributed by atoms with van der Waals surface area (Å²) in [5.74, 6) is 6.01. The van der Waals surface area contributed by atoms with Crippen LogP contribution in [-0.2, 0) is 4.79 Å². The third-order valence-electron chi connectivity index (χ3n) is 16.0. The van der Waals surface area contributed by atoms with Crippen LogP contribution in [0.1, 0.15) is 79.0 Å². The van der Waals surface area contributed by atoms with Gasteiger partial charge in [-0.1, -0.05) is 31.6 Å². The number of amides is 1. The van der Waals surface area contributed by atoms with Crippen molar-refractivity contribution >= 4 is 56.3 Å². The fraction of sp³-hybridized carbons (Fsp3) is 0.385. The fourth-order valence-electron chi connectivity index (χ4n) is 11.9. The number of nitrogens with zero attached hydrogens (tertiary/aromatic N) is 9. The van der Waals surface area contributed by atoms with Crippen LogP contribution in [0.15, 0.2) is 57.6 Å². The molecule has 0 unspecified atom stereocenters. The number of aromatic amines is 2. The maximum atomic E-state index is 13.6. The summed E-state index contributed by atoms with van der Waals surface area (Å²) in [5.41, 5.74) is 11.5. The van der Waals surface area contributed by atoms with Gasteiger partial charge >= 0.3 is 0 Å². The van der Waals surface area contributed by atoms with E-state index in [2.05, 4.69) is 49.2 Å². The number of nitrogens with one attached hydrogen (secondary N) is 2. The predicted octanol–water partition coefficient (Wildman–Crippen LogP) is 11.6. The van der Waals surface area contributed by atoms with Gasteiger partial charge in [-0.15, -0.1) is 0 Å². The maximum Gasteiger partial charge on any atom is 0.298 e. The van der Waals surface area contributed by atoms with Crippen molar-refractivity contribution in [2.75, 3.05) is 94.0 Å². The van der Waals surface area contributed by atoms with E-state index in [4.69, 9.17) is 57.2 Å². The Morgan fingerprint density at radius 3 is 1.45 bits per heavy atom. The number of fused-ring (bicyclic) bond motifs is 8. The number of hydrogen-bond donors (Lipinski definition) is 2. The van der Waals surface area contributed by atoms with Crippen molar-refractivity contribution in [3.05, 3.63) is 88.7 Å². The molecule has 0 saturated carbocycles. The van der Waals surface area contributed by atoms with Crippen LogP contribution < -0.4 is 33.2 Å². The number of benzene rings is 4. The molecule has 1 amide bonds. The minimum Gasteiger partial charge on any atom is -0.496 e. The fourth-order valence-corrected chi connectivity index (χ4v) is 11.9. The minimum atomic E-state index is -0.0518. The number of aryl methyl sites for hydroxylation is 6. The van der Waals surface area contributed by atoms with Crippen LogP contribution in [0.4, 0.5) is 0 Å². The van der Waals surface area contributed by atoms with E-state index >= 15 is 0 Å². The Labute approximate surface area is 504 Å². The van der Waals surface area contributed by atoms with Gasteiger partial charge in [-0.2, -0.15) is 0 Å². The lowest BCUT2D eigenvalue weighted by molar-refractivity contribution is -0.120. The molecule has 4 aliphatic heterocycles. The zero-order chi connectivity index (χ0) is 59.2. The van der Waals surface area contributed by atoms with Gasteiger partial charge in [0.25, 0.3) is 12.4 Å². The monoisotopic (exact) mass is 1190 g/mol. The number of methoxy groups -OCH3 is 2. The lowest BCUT2D eigenvalue weighted by atomic mass is 9.98. The van der Waals surface area contributed by atoms with Crippen molar-refractivity contribution in [3.63, 3.8) is 0 Å². The van der Waals surface area contributed by atoms with E-state index < -0.39 is 0 Å². The van der Waals surface area contributed by atoms with Crippen LogP contribution in [0.5, 0.6) is 40.2 Å². The number of piperazine rings is 1. The number of carbonyl (C=O) groups excluding carboxylic acids is 2. The number of likely N-dealkylation sites (N-methyl/N-ethyl adjacent to an activating group) is 1. The Bertz CT molecular complexity index is 4170. The first-order chi connectivity index (χ1) is 41.2. The second-order valence-electron chi connectivity index (χ2n) is 21.7. The average Bonchev–Trinajstić information content (AvgIpc) is 2.00. The highest BCUT2D eigenvalue weighted by Gasteiger charge is 2.32. The third kappa shape index (κ3) is 11.4. The normalized spacial score (nSPS) is 14.8. The molecule has 10 aromatic rings. The van der Waals surface area contributed by atoms with Crippen LogP contribution in [0.3, 0.4) is 0 Å². The number of ether oxygens (including phenoxy) is 7. The van der Waals surface area contributed by atoms with Crippen LogP contribution in [0.25, 0.3) is 88.6 Å². The van der Waals surface area contributed by atoms with E-state index in [-0.39, 0.29) is 26.5 Å². The molecule has 2 saturated heterocycles. The summed E-state index contributed by atoms with van der Waals surface area (Å²) in [7, 11) is 7.54. The third-order valence-corrected chi connectivity index (χ3v) is 16.0. The summed E-state index contributed by atoms with van der Waals surface area (Å²) in [6.45, 7) is 18.7. The number of H-pyrrole nitrogens is 2. The van der Waals surface area contributed by atoms with Crippen molar-refractivity contribution in [1.29, 1.82) is 0 Å². The molecule has 4 aliphatic rings. The van der Waals surface area contributed by atoms with Gasteiger partial charge in [0.2, 0.25) is 5.75 Å². The van der Waals surface area contributed by atoms with Gasteiger partial charge in [0.1, 0.15) is 72.4 Å². The van der Waals surface area contributed by atoms with Gasteiger partial charge in [0.05, 0.1) is 64.5 Å². The molecule has 10 heterocycles. The highest BCUT2D eigenvalue weighted by atomic mass is 16.6. The molecule has 22 nitrogen and oxygen atoms in total. The van der Waals surface area contributed by atoms with Crippen molar-refractivity contribution in [3.8, 4) is 85.0 Å². The van der Waals surface area contributed by atoms with Gasteiger partial charge in [-0.3, -0.25) is 9.59 Å². The highest BCUT2D eigenvalue weighted by Crippen LogP contribution is 2.50. The molecule has 14 rings (SSSR count). The number of piperidine rings is 1. The lowest BCUT2D eigenvalue weighted by Crippen LogP contribution is -2.47. The second kappa shape index (κ2) is 25.4. The molecule has 87 heavy (non-hydrogen) atoms. The highest BCUT2D eigenvalue weighted by molar-refractivity contribution is 6.16. The van der Waals surface area contributed by atoms with E-state index in [1.54, 1.807) is 20.3 Å². The molecule has 0 radical (unpaired) electrons. The van der Waals surface area contributed by atoms with Crippen molar-refractivity contribution in [1.82, 2.24) is 54.9 Å². The standard InChI is InChI=1S/C31H32N6O5.C26H22N4O6.C6H13N.2CH4/c1-16-25(17(2)42-35-16)22-14-23-21(15-24(22)39-5)26-27(32-18(3)33-30(26)34-23)19-6-7-20(29-28(19)40-12-13-41-29)31(38)37-10-8-36(4)9-11-37;1-12-21(13(2)36-30-12)17-9-18-16(10-20(17)32-4)22-23(27-14(3)28-26(22)29-18)15-5-6-19(35-11-31)25-24(15)33-7-8-34-25;1-7-5-3-2-4-6-7;;/h6-7,14-15H,8-13H2,1-5H3,(H,32,33,34);5-6,9-11H,7-8H2,1-4H3,(H,27,28,29);2-6H2,1H3;2*1H4. The molecule has 6 aromatic heterocycles. The van der Waals surface area contributed by atoms with Crippen molar-refractivity contribution in [2.24, 2.45) is 0 Å². The lowest BCUT2D eigenvalue weighted by Gasteiger charge is -2.33. The molecule has 0 atom stereocenters. The van der Waals surface area contributed by atoms with Crippen LogP contribution in [-0.4, -0.2) is 161 Å². The maximum absolute atomic E-state index is 13.6. The zero-order valence-electron chi connectivity index (χ0n) is 49.4. The van der Waals surface area contributed by atoms with Gasteiger partial charge in [0, 0.05) is 70.2 Å². The molecule has 0 spiro atoms. The zero-order valence-corrected chi connectivity index (χ0v) is 49.4. The van der Waals surface area contributed by atoms with E-state index in [1.165, 1.54) is 32.4 Å². The number of likely N-dealkylation sites (tertiary alicyclic amines) is 1. The van der Waals surface area contributed by atoms with E-state index in [1.807, 2.05) is 88.9 Å². The molecule has 2 fully saturated rings. The van der Waals surface area contributed by atoms with Crippen molar-refractivity contribution < 1.29 is 51.8 Å². The number of carbonyl (C=O) groups is 2. The Morgan fingerprint density at radius 2 is 1.00 bits per heavy atom. The summed E-state index contributed by atoms with van der Waals surface area (Å²) < 4.78 is 51.7. The average molecular weight is 1190 g/mol. The summed E-state index contributed by atoms with van der Waals surface area (Å²) in [4.78, 5) is 57.1. The minimum absolute atomic E-state index is 0.